The van der Waals surface area contributed by atoms with Gasteiger partial charge in [0.2, 0.25) is 0 Å². The number of carbonyl (C=O) groups is 1. The fourth-order valence-corrected chi connectivity index (χ4v) is 1.54. The SMILES string of the molecule is O=C(NCCn1ccnc1)c1c(O)cccc1F. The maximum atomic E-state index is 13.4. The van der Waals surface area contributed by atoms with Crippen molar-refractivity contribution >= 4 is 5.91 Å². The van der Waals surface area contributed by atoms with Crippen LogP contribution in [-0.2, 0) is 6.54 Å². The molecule has 0 fully saturated rings. The number of imidazole rings is 1. The second-order valence-corrected chi connectivity index (χ2v) is 3.69. The predicted molar refractivity (Wildman–Crippen MR) is 62.6 cm³/mol. The minimum absolute atomic E-state index is 0.322. The molecule has 0 bridgehead atoms. The van der Waals surface area contributed by atoms with Crippen molar-refractivity contribution in [2.45, 2.75) is 6.54 Å². The number of phenols is 1. The first-order valence-electron chi connectivity index (χ1n) is 5.40. The number of rotatable bonds is 4. The summed E-state index contributed by atoms with van der Waals surface area (Å²) in [7, 11) is 0. The van der Waals surface area contributed by atoms with Crippen molar-refractivity contribution in [2.24, 2.45) is 0 Å². The molecular formula is C12H12FN3O2. The Hall–Kier alpha value is -2.37. The first kappa shape index (κ1) is 12.1. The van der Waals surface area contributed by atoms with Crippen molar-refractivity contribution in [3.8, 4) is 5.75 Å². The maximum absolute atomic E-state index is 13.4. The second-order valence-electron chi connectivity index (χ2n) is 3.69. The number of nitrogens with zero attached hydrogens (tertiary/aromatic N) is 2. The van der Waals surface area contributed by atoms with Gasteiger partial charge in [0.1, 0.15) is 17.1 Å². The largest absolute Gasteiger partial charge is 0.507 e. The summed E-state index contributed by atoms with van der Waals surface area (Å²) in [5.41, 5.74) is -0.330. The van der Waals surface area contributed by atoms with Crippen molar-refractivity contribution in [2.75, 3.05) is 6.54 Å². The summed E-state index contributed by atoms with van der Waals surface area (Å²) in [6, 6.07) is 3.74. The number of phenolic OH excluding ortho intramolecular Hbond substituents is 1. The van der Waals surface area contributed by atoms with E-state index in [2.05, 4.69) is 10.3 Å². The molecule has 6 heteroatoms. The normalized spacial score (nSPS) is 10.3. The lowest BCUT2D eigenvalue weighted by molar-refractivity contribution is 0.0945. The Kier molecular flexibility index (Phi) is 3.57. The van der Waals surface area contributed by atoms with Gasteiger partial charge in [0.25, 0.3) is 5.91 Å². The third kappa shape index (κ3) is 2.65. The predicted octanol–water partition coefficient (Wildman–Crippen LogP) is 1.16. The fraction of sp³-hybridized carbons (Fsp3) is 0.167. The number of aromatic nitrogens is 2. The number of halogens is 1. The van der Waals surface area contributed by atoms with Gasteiger partial charge in [-0.1, -0.05) is 6.07 Å². The van der Waals surface area contributed by atoms with Crippen LogP contribution in [-0.4, -0.2) is 27.1 Å². The molecule has 0 spiro atoms. The lowest BCUT2D eigenvalue weighted by Gasteiger charge is -2.07. The summed E-state index contributed by atoms with van der Waals surface area (Å²) in [6.45, 7) is 0.851. The summed E-state index contributed by atoms with van der Waals surface area (Å²) in [5.74, 6) is -1.74. The van der Waals surface area contributed by atoms with E-state index in [1.54, 1.807) is 23.3 Å². The Morgan fingerprint density at radius 2 is 2.33 bits per heavy atom. The lowest BCUT2D eigenvalue weighted by atomic mass is 10.1. The molecule has 18 heavy (non-hydrogen) atoms. The van der Waals surface area contributed by atoms with E-state index in [1.807, 2.05) is 0 Å². The Bertz CT molecular complexity index is 520. The monoisotopic (exact) mass is 249 g/mol. The number of nitrogens with one attached hydrogen (secondary N) is 1. The molecule has 0 atom stereocenters. The zero-order valence-corrected chi connectivity index (χ0v) is 9.51. The summed E-state index contributed by atoms with van der Waals surface area (Å²) >= 11 is 0. The highest BCUT2D eigenvalue weighted by atomic mass is 19.1. The van der Waals surface area contributed by atoms with Crippen LogP contribution in [0.3, 0.4) is 0 Å². The van der Waals surface area contributed by atoms with Crippen LogP contribution in [0.5, 0.6) is 5.75 Å². The molecule has 0 radical (unpaired) electrons. The average molecular weight is 249 g/mol. The summed E-state index contributed by atoms with van der Waals surface area (Å²) in [5, 5.41) is 12.0. The van der Waals surface area contributed by atoms with Crippen LogP contribution < -0.4 is 5.32 Å². The highest BCUT2D eigenvalue weighted by Crippen LogP contribution is 2.19. The number of hydrogen-bond acceptors (Lipinski definition) is 3. The van der Waals surface area contributed by atoms with Gasteiger partial charge in [-0.2, -0.15) is 0 Å². The van der Waals surface area contributed by atoms with Gasteiger partial charge < -0.3 is 15.0 Å². The van der Waals surface area contributed by atoms with Gasteiger partial charge in [-0.15, -0.1) is 0 Å². The van der Waals surface area contributed by atoms with E-state index in [1.165, 1.54) is 12.1 Å². The number of hydrogen-bond donors (Lipinski definition) is 2. The first-order chi connectivity index (χ1) is 8.68. The van der Waals surface area contributed by atoms with Crippen molar-refractivity contribution in [3.63, 3.8) is 0 Å². The topological polar surface area (TPSA) is 67.2 Å². The molecule has 0 unspecified atom stereocenters. The molecular weight excluding hydrogens is 237 g/mol. The smallest absolute Gasteiger partial charge is 0.258 e. The van der Waals surface area contributed by atoms with Crippen LogP contribution in [0.4, 0.5) is 4.39 Å². The molecule has 0 aliphatic heterocycles. The van der Waals surface area contributed by atoms with Gasteiger partial charge in [-0.05, 0) is 12.1 Å². The molecule has 2 rings (SSSR count). The molecule has 0 saturated heterocycles. The summed E-state index contributed by atoms with van der Waals surface area (Å²) in [6.07, 6.45) is 5.00. The van der Waals surface area contributed by atoms with Crippen LogP contribution in [0.1, 0.15) is 10.4 Å². The highest BCUT2D eigenvalue weighted by molar-refractivity contribution is 5.97. The molecule has 1 amide bonds. The molecule has 5 nitrogen and oxygen atoms in total. The Morgan fingerprint density at radius 3 is 3.00 bits per heavy atom. The zero-order valence-electron chi connectivity index (χ0n) is 9.51. The standard InChI is InChI=1S/C12H12FN3O2/c13-9-2-1-3-10(17)11(9)12(18)15-5-7-16-6-4-14-8-16/h1-4,6,8,17H,5,7H2,(H,15,18). The molecule has 0 saturated carbocycles. The first-order valence-corrected chi connectivity index (χ1v) is 5.40. The Labute approximate surface area is 103 Å². The Balaban J connectivity index is 1.96. The van der Waals surface area contributed by atoms with E-state index in [-0.39, 0.29) is 11.3 Å². The van der Waals surface area contributed by atoms with Crippen LogP contribution >= 0.6 is 0 Å². The van der Waals surface area contributed by atoms with Crippen molar-refractivity contribution < 1.29 is 14.3 Å². The number of benzene rings is 1. The highest BCUT2D eigenvalue weighted by Gasteiger charge is 2.15. The molecule has 2 N–H and O–H groups in total. The molecule has 0 aliphatic carbocycles. The van der Waals surface area contributed by atoms with E-state index in [9.17, 15) is 14.3 Å². The molecule has 0 aliphatic rings. The number of amides is 1. The van der Waals surface area contributed by atoms with Crippen molar-refractivity contribution in [3.05, 3.63) is 48.3 Å². The molecule has 1 aromatic carbocycles. The van der Waals surface area contributed by atoms with Gasteiger partial charge in [-0.25, -0.2) is 9.37 Å². The minimum atomic E-state index is -0.741. The van der Waals surface area contributed by atoms with Gasteiger partial charge in [0, 0.05) is 25.5 Å². The van der Waals surface area contributed by atoms with E-state index in [0.29, 0.717) is 13.1 Å². The van der Waals surface area contributed by atoms with E-state index >= 15 is 0 Å². The maximum Gasteiger partial charge on any atom is 0.258 e. The van der Waals surface area contributed by atoms with Crippen LogP contribution in [0.25, 0.3) is 0 Å². The summed E-state index contributed by atoms with van der Waals surface area (Å²) in [4.78, 5) is 15.5. The second kappa shape index (κ2) is 5.31. The average Bonchev–Trinajstić information content (AvgIpc) is 2.82. The minimum Gasteiger partial charge on any atom is -0.507 e. The van der Waals surface area contributed by atoms with Crippen molar-refractivity contribution in [1.29, 1.82) is 0 Å². The molecule has 1 aromatic heterocycles. The van der Waals surface area contributed by atoms with E-state index < -0.39 is 11.7 Å². The lowest BCUT2D eigenvalue weighted by Crippen LogP contribution is -2.27. The van der Waals surface area contributed by atoms with Gasteiger partial charge >= 0.3 is 0 Å². The van der Waals surface area contributed by atoms with Crippen LogP contribution in [0.2, 0.25) is 0 Å². The van der Waals surface area contributed by atoms with Gasteiger partial charge in [0.05, 0.1) is 6.33 Å². The van der Waals surface area contributed by atoms with Gasteiger partial charge in [-0.3, -0.25) is 4.79 Å². The third-order valence-corrected chi connectivity index (χ3v) is 2.43. The quantitative estimate of drug-likeness (QED) is 0.854. The molecule has 94 valence electrons. The fourth-order valence-electron chi connectivity index (χ4n) is 1.54. The molecule has 2 aromatic rings. The van der Waals surface area contributed by atoms with Crippen molar-refractivity contribution in [1.82, 2.24) is 14.9 Å². The molecule has 1 heterocycles. The zero-order chi connectivity index (χ0) is 13.0. The number of aromatic hydroxyl groups is 1. The van der Waals surface area contributed by atoms with E-state index in [0.717, 1.165) is 6.07 Å². The Morgan fingerprint density at radius 1 is 1.50 bits per heavy atom. The van der Waals surface area contributed by atoms with Gasteiger partial charge in [0.15, 0.2) is 0 Å². The number of carbonyl (C=O) groups excluding carboxylic acids is 1. The summed E-state index contributed by atoms with van der Waals surface area (Å²) < 4.78 is 15.1. The van der Waals surface area contributed by atoms with Crippen LogP contribution in [0, 0.1) is 5.82 Å². The van der Waals surface area contributed by atoms with E-state index in [4.69, 9.17) is 0 Å². The third-order valence-electron chi connectivity index (χ3n) is 2.43. The van der Waals surface area contributed by atoms with Crippen LogP contribution in [0.15, 0.2) is 36.9 Å².